The number of ether oxygens (including phenoxy) is 2. The molecular formula is C21H19NO5S2. The normalized spacial score (nSPS) is 10.4. The summed E-state index contributed by atoms with van der Waals surface area (Å²) in [6.45, 7) is 3.47. The van der Waals surface area contributed by atoms with Gasteiger partial charge in [-0.2, -0.15) is 0 Å². The van der Waals surface area contributed by atoms with Crippen LogP contribution in [0.5, 0.6) is 0 Å². The molecule has 0 aliphatic heterocycles. The van der Waals surface area contributed by atoms with Crippen LogP contribution in [0.2, 0.25) is 0 Å². The third kappa shape index (κ3) is 5.10. The maximum Gasteiger partial charge on any atom is 0.348 e. The summed E-state index contributed by atoms with van der Waals surface area (Å²) < 4.78 is 10.2. The van der Waals surface area contributed by atoms with Gasteiger partial charge in [0.05, 0.1) is 6.61 Å². The zero-order valence-corrected chi connectivity index (χ0v) is 17.5. The molecule has 3 aromatic rings. The first-order chi connectivity index (χ1) is 14.0. The van der Waals surface area contributed by atoms with Gasteiger partial charge < -0.3 is 14.8 Å². The van der Waals surface area contributed by atoms with Gasteiger partial charge in [-0.15, -0.1) is 22.7 Å². The molecule has 0 saturated heterocycles. The van der Waals surface area contributed by atoms with Gasteiger partial charge in [0.2, 0.25) is 0 Å². The molecule has 6 nitrogen and oxygen atoms in total. The number of esters is 2. The third-order valence-electron chi connectivity index (χ3n) is 3.94. The first-order valence-electron chi connectivity index (χ1n) is 8.85. The van der Waals surface area contributed by atoms with Crippen LogP contribution < -0.4 is 5.32 Å². The highest BCUT2D eigenvalue weighted by Gasteiger charge is 2.23. The SMILES string of the molecule is CCOC(=O)c1c(-c2ccc(C)cc2)csc1NC(=O)COC(=O)c1cccs1. The number of nitrogens with one attached hydrogen (secondary N) is 1. The Balaban J connectivity index is 1.77. The van der Waals surface area contributed by atoms with E-state index in [0.29, 0.717) is 21.0 Å². The quantitative estimate of drug-likeness (QED) is 0.548. The fourth-order valence-corrected chi connectivity index (χ4v) is 4.15. The van der Waals surface area contributed by atoms with E-state index in [1.807, 2.05) is 31.2 Å². The molecule has 1 aromatic carbocycles. The number of anilines is 1. The fraction of sp³-hybridized carbons (Fsp3) is 0.190. The highest BCUT2D eigenvalue weighted by atomic mass is 32.1. The van der Waals surface area contributed by atoms with E-state index in [2.05, 4.69) is 5.32 Å². The summed E-state index contributed by atoms with van der Waals surface area (Å²) in [4.78, 5) is 37.1. The van der Waals surface area contributed by atoms with Crippen LogP contribution in [0.3, 0.4) is 0 Å². The van der Waals surface area contributed by atoms with Crippen LogP contribution in [0, 0.1) is 6.92 Å². The molecule has 8 heteroatoms. The smallest absolute Gasteiger partial charge is 0.348 e. The van der Waals surface area contributed by atoms with Gasteiger partial charge in [0, 0.05) is 10.9 Å². The molecule has 1 N–H and O–H groups in total. The number of carbonyl (C=O) groups is 3. The largest absolute Gasteiger partial charge is 0.462 e. The molecule has 0 aliphatic carbocycles. The van der Waals surface area contributed by atoms with E-state index in [4.69, 9.17) is 9.47 Å². The van der Waals surface area contributed by atoms with Crippen LogP contribution in [0.1, 0.15) is 32.5 Å². The minimum absolute atomic E-state index is 0.216. The van der Waals surface area contributed by atoms with Crippen molar-refractivity contribution in [3.8, 4) is 11.1 Å². The van der Waals surface area contributed by atoms with E-state index >= 15 is 0 Å². The summed E-state index contributed by atoms with van der Waals surface area (Å²) in [5.74, 6) is -1.61. The van der Waals surface area contributed by atoms with E-state index in [-0.39, 0.29) is 6.61 Å². The summed E-state index contributed by atoms with van der Waals surface area (Å²) in [5.41, 5.74) is 2.92. The Morgan fingerprint density at radius 1 is 1.00 bits per heavy atom. The summed E-state index contributed by atoms with van der Waals surface area (Å²) in [6, 6.07) is 11.1. The molecule has 2 heterocycles. The Morgan fingerprint density at radius 2 is 1.76 bits per heavy atom. The molecule has 29 heavy (non-hydrogen) atoms. The predicted molar refractivity (Wildman–Crippen MR) is 114 cm³/mol. The molecule has 2 aromatic heterocycles. The topological polar surface area (TPSA) is 81.7 Å². The number of carbonyl (C=O) groups excluding carboxylic acids is 3. The van der Waals surface area contributed by atoms with Crippen LogP contribution in [-0.4, -0.2) is 31.1 Å². The fourth-order valence-electron chi connectivity index (χ4n) is 2.56. The predicted octanol–water partition coefficient (Wildman–Crippen LogP) is 4.76. The van der Waals surface area contributed by atoms with Crippen molar-refractivity contribution >= 4 is 45.5 Å². The van der Waals surface area contributed by atoms with Gasteiger partial charge in [0.15, 0.2) is 6.61 Å². The Bertz CT molecular complexity index is 1010. The van der Waals surface area contributed by atoms with Crippen molar-refractivity contribution in [3.63, 3.8) is 0 Å². The minimum Gasteiger partial charge on any atom is -0.462 e. The molecule has 0 saturated carbocycles. The summed E-state index contributed by atoms with van der Waals surface area (Å²) in [7, 11) is 0. The third-order valence-corrected chi connectivity index (χ3v) is 5.69. The standard InChI is InChI=1S/C21H19NO5S2/c1-3-26-21(25)18-15(14-8-6-13(2)7-9-14)12-29-19(18)22-17(23)11-27-20(24)16-5-4-10-28-16/h4-10,12H,3,11H2,1-2H3,(H,22,23). The monoisotopic (exact) mass is 429 g/mol. The Labute approximate surface area is 176 Å². The highest BCUT2D eigenvalue weighted by molar-refractivity contribution is 7.15. The van der Waals surface area contributed by atoms with E-state index in [1.165, 1.54) is 22.7 Å². The Morgan fingerprint density at radius 3 is 2.41 bits per heavy atom. The highest BCUT2D eigenvalue weighted by Crippen LogP contribution is 2.36. The van der Waals surface area contributed by atoms with Gasteiger partial charge >= 0.3 is 11.9 Å². The molecule has 150 valence electrons. The molecule has 0 unspecified atom stereocenters. The van der Waals surface area contributed by atoms with Crippen molar-refractivity contribution < 1.29 is 23.9 Å². The van der Waals surface area contributed by atoms with Gasteiger partial charge in [0.25, 0.3) is 5.91 Å². The summed E-state index contributed by atoms with van der Waals surface area (Å²) >= 11 is 2.45. The molecule has 3 rings (SSSR count). The van der Waals surface area contributed by atoms with E-state index < -0.39 is 24.5 Å². The van der Waals surface area contributed by atoms with Crippen molar-refractivity contribution in [2.45, 2.75) is 13.8 Å². The second kappa shape index (κ2) is 9.49. The number of aryl methyl sites for hydroxylation is 1. The van der Waals surface area contributed by atoms with E-state index in [1.54, 1.807) is 29.8 Å². The molecule has 0 bridgehead atoms. The molecular weight excluding hydrogens is 410 g/mol. The van der Waals surface area contributed by atoms with Crippen molar-refractivity contribution in [2.24, 2.45) is 0 Å². The lowest BCUT2D eigenvalue weighted by Gasteiger charge is -2.09. The number of benzene rings is 1. The Hall–Kier alpha value is -2.97. The lowest BCUT2D eigenvalue weighted by atomic mass is 10.0. The average molecular weight is 430 g/mol. The molecule has 0 spiro atoms. The first-order valence-corrected chi connectivity index (χ1v) is 10.6. The minimum atomic E-state index is -0.563. The van der Waals surface area contributed by atoms with E-state index in [0.717, 1.165) is 11.1 Å². The summed E-state index contributed by atoms with van der Waals surface area (Å²) in [6.07, 6.45) is 0. The number of thiophene rings is 2. The van der Waals surface area contributed by atoms with Crippen LogP contribution in [-0.2, 0) is 14.3 Å². The zero-order valence-electron chi connectivity index (χ0n) is 15.9. The van der Waals surface area contributed by atoms with Gasteiger partial charge in [-0.25, -0.2) is 9.59 Å². The molecule has 0 atom stereocenters. The van der Waals surface area contributed by atoms with Crippen LogP contribution in [0.15, 0.2) is 47.2 Å². The lowest BCUT2D eigenvalue weighted by molar-refractivity contribution is -0.119. The number of hydrogen-bond donors (Lipinski definition) is 1. The van der Waals surface area contributed by atoms with Gasteiger partial charge in [-0.05, 0) is 30.9 Å². The summed E-state index contributed by atoms with van der Waals surface area (Å²) in [5, 5.41) is 6.56. The second-order valence-corrected chi connectivity index (χ2v) is 7.87. The average Bonchev–Trinajstić information content (AvgIpc) is 3.37. The number of amides is 1. The van der Waals surface area contributed by atoms with Gasteiger partial charge in [-0.1, -0.05) is 35.9 Å². The maximum absolute atomic E-state index is 12.5. The van der Waals surface area contributed by atoms with Gasteiger partial charge in [0.1, 0.15) is 15.4 Å². The molecule has 1 amide bonds. The van der Waals surface area contributed by atoms with Crippen molar-refractivity contribution in [1.82, 2.24) is 0 Å². The molecule has 0 radical (unpaired) electrons. The van der Waals surface area contributed by atoms with Crippen molar-refractivity contribution in [2.75, 3.05) is 18.5 Å². The Kier molecular flexibility index (Phi) is 6.79. The van der Waals surface area contributed by atoms with Gasteiger partial charge in [-0.3, -0.25) is 4.79 Å². The maximum atomic E-state index is 12.5. The molecule has 0 aliphatic rings. The number of hydrogen-bond acceptors (Lipinski definition) is 7. The molecule has 0 fully saturated rings. The number of rotatable bonds is 7. The van der Waals surface area contributed by atoms with Crippen LogP contribution in [0.25, 0.3) is 11.1 Å². The van der Waals surface area contributed by atoms with Crippen LogP contribution >= 0.6 is 22.7 Å². The first kappa shape index (κ1) is 20.8. The van der Waals surface area contributed by atoms with Crippen molar-refractivity contribution in [3.05, 3.63) is 63.2 Å². The van der Waals surface area contributed by atoms with Crippen molar-refractivity contribution in [1.29, 1.82) is 0 Å². The zero-order chi connectivity index (χ0) is 20.8. The lowest BCUT2D eigenvalue weighted by Crippen LogP contribution is -2.21. The van der Waals surface area contributed by atoms with E-state index in [9.17, 15) is 14.4 Å². The second-order valence-electron chi connectivity index (χ2n) is 6.04. The van der Waals surface area contributed by atoms with Crippen LogP contribution in [0.4, 0.5) is 5.00 Å².